The van der Waals surface area contributed by atoms with Gasteiger partial charge in [-0.15, -0.1) is 0 Å². The molecule has 1 aromatic carbocycles. The third-order valence-electron chi connectivity index (χ3n) is 3.97. The molecule has 0 radical (unpaired) electrons. The number of ether oxygens (including phenoxy) is 1. The molecule has 5 heteroatoms. The van der Waals surface area contributed by atoms with Gasteiger partial charge < -0.3 is 9.64 Å². The molecule has 2 heterocycles. The van der Waals surface area contributed by atoms with Crippen LogP contribution in [0.2, 0.25) is 0 Å². The maximum atomic E-state index is 12.5. The third kappa shape index (κ3) is 2.77. The molecule has 0 saturated carbocycles. The fraction of sp³-hybridized carbons (Fsp3) is 0.375. The summed E-state index contributed by atoms with van der Waals surface area (Å²) in [4.78, 5) is 14.5. The number of rotatable bonds is 4. The van der Waals surface area contributed by atoms with Crippen LogP contribution in [0.1, 0.15) is 30.1 Å². The van der Waals surface area contributed by atoms with Crippen molar-refractivity contribution in [3.05, 3.63) is 47.8 Å². The number of nitrogens with one attached hydrogen (secondary N) is 1. The minimum atomic E-state index is 0.108. The zero-order chi connectivity index (χ0) is 14.7. The second kappa shape index (κ2) is 5.99. The lowest BCUT2D eigenvalue weighted by Crippen LogP contribution is -2.32. The van der Waals surface area contributed by atoms with Crippen molar-refractivity contribution < 1.29 is 9.53 Å². The first kappa shape index (κ1) is 13.7. The molecule has 21 heavy (non-hydrogen) atoms. The molecule has 0 spiro atoms. The first-order valence-electron chi connectivity index (χ1n) is 7.20. The molecule has 1 aliphatic heterocycles. The van der Waals surface area contributed by atoms with Gasteiger partial charge in [-0.25, -0.2) is 0 Å². The van der Waals surface area contributed by atoms with Gasteiger partial charge in [0.15, 0.2) is 0 Å². The van der Waals surface area contributed by atoms with Gasteiger partial charge in [0.05, 0.1) is 19.6 Å². The van der Waals surface area contributed by atoms with E-state index in [-0.39, 0.29) is 11.9 Å². The van der Waals surface area contributed by atoms with Gasteiger partial charge in [-0.3, -0.25) is 9.89 Å². The van der Waals surface area contributed by atoms with E-state index in [9.17, 15) is 4.79 Å². The van der Waals surface area contributed by atoms with E-state index in [1.54, 1.807) is 13.3 Å². The highest BCUT2D eigenvalue weighted by atomic mass is 16.5. The zero-order valence-electron chi connectivity index (χ0n) is 12.1. The highest BCUT2D eigenvalue weighted by Gasteiger charge is 2.31. The monoisotopic (exact) mass is 285 g/mol. The number of para-hydroxylation sites is 1. The quantitative estimate of drug-likeness (QED) is 0.938. The van der Waals surface area contributed by atoms with Crippen molar-refractivity contribution in [1.82, 2.24) is 15.1 Å². The Morgan fingerprint density at radius 2 is 2.29 bits per heavy atom. The van der Waals surface area contributed by atoms with E-state index in [0.717, 1.165) is 36.4 Å². The van der Waals surface area contributed by atoms with Crippen LogP contribution in [0.3, 0.4) is 0 Å². The molecule has 1 amide bonds. The Labute approximate surface area is 123 Å². The Morgan fingerprint density at radius 1 is 1.43 bits per heavy atom. The molecule has 1 aromatic heterocycles. The molecule has 2 aromatic rings. The highest BCUT2D eigenvalue weighted by molar-refractivity contribution is 5.79. The summed E-state index contributed by atoms with van der Waals surface area (Å²) in [6.45, 7) is 0.801. The van der Waals surface area contributed by atoms with Crippen LogP contribution >= 0.6 is 0 Å². The first-order chi connectivity index (χ1) is 10.3. The number of nitrogens with zero attached hydrogens (tertiary/aromatic N) is 2. The maximum absolute atomic E-state index is 12.5. The molecule has 5 nitrogen and oxygen atoms in total. The van der Waals surface area contributed by atoms with Crippen molar-refractivity contribution in [3.8, 4) is 5.75 Å². The summed E-state index contributed by atoms with van der Waals surface area (Å²) in [6.07, 6.45) is 4.04. The Kier molecular flexibility index (Phi) is 3.90. The number of methoxy groups -OCH3 is 1. The van der Waals surface area contributed by atoms with E-state index in [4.69, 9.17) is 4.74 Å². The number of H-pyrrole nitrogens is 1. The van der Waals surface area contributed by atoms with Crippen LogP contribution < -0.4 is 4.74 Å². The molecule has 1 saturated heterocycles. The lowest BCUT2D eigenvalue weighted by Gasteiger charge is -2.26. The smallest absolute Gasteiger partial charge is 0.229 e. The van der Waals surface area contributed by atoms with Crippen LogP contribution in [0, 0.1) is 0 Å². The van der Waals surface area contributed by atoms with Gasteiger partial charge in [0.25, 0.3) is 0 Å². The number of hydrogen-bond acceptors (Lipinski definition) is 3. The molecule has 0 aliphatic carbocycles. The van der Waals surface area contributed by atoms with Gasteiger partial charge in [-0.05, 0) is 25.0 Å². The number of aromatic nitrogens is 2. The molecule has 110 valence electrons. The van der Waals surface area contributed by atoms with Gasteiger partial charge in [0.1, 0.15) is 5.75 Å². The van der Waals surface area contributed by atoms with Gasteiger partial charge >= 0.3 is 0 Å². The normalized spacial score (nSPS) is 18.0. The zero-order valence-corrected chi connectivity index (χ0v) is 12.1. The Morgan fingerprint density at radius 3 is 3.05 bits per heavy atom. The molecule has 1 N–H and O–H groups in total. The first-order valence-corrected chi connectivity index (χ1v) is 7.20. The van der Waals surface area contributed by atoms with E-state index in [0.29, 0.717) is 6.42 Å². The van der Waals surface area contributed by atoms with Crippen LogP contribution in [0.4, 0.5) is 0 Å². The van der Waals surface area contributed by atoms with Crippen molar-refractivity contribution >= 4 is 5.91 Å². The third-order valence-corrected chi connectivity index (χ3v) is 3.97. The van der Waals surface area contributed by atoms with Gasteiger partial charge in [0, 0.05) is 24.0 Å². The standard InChI is InChI=1S/C16H19N3O2/c1-21-15-7-3-2-5-13(15)14-6-4-10-19(14)16(20)11-12-8-9-17-18-12/h2-3,5,7-9,14H,4,6,10-11H2,1H3,(H,17,18). The largest absolute Gasteiger partial charge is 0.496 e. The van der Waals surface area contributed by atoms with Crippen molar-refractivity contribution in [2.45, 2.75) is 25.3 Å². The van der Waals surface area contributed by atoms with E-state index in [1.165, 1.54) is 0 Å². The summed E-state index contributed by atoms with van der Waals surface area (Å²) in [7, 11) is 1.67. The van der Waals surface area contributed by atoms with Crippen molar-refractivity contribution in [1.29, 1.82) is 0 Å². The fourth-order valence-electron chi connectivity index (χ4n) is 2.98. The molecule has 1 fully saturated rings. The van der Waals surface area contributed by atoms with E-state index >= 15 is 0 Å². The van der Waals surface area contributed by atoms with Crippen LogP contribution in [-0.2, 0) is 11.2 Å². The van der Waals surface area contributed by atoms with Crippen molar-refractivity contribution in [3.63, 3.8) is 0 Å². The number of hydrogen-bond donors (Lipinski definition) is 1. The van der Waals surface area contributed by atoms with Crippen LogP contribution in [-0.4, -0.2) is 34.7 Å². The van der Waals surface area contributed by atoms with Crippen LogP contribution in [0.25, 0.3) is 0 Å². The molecular weight excluding hydrogens is 266 g/mol. The highest BCUT2D eigenvalue weighted by Crippen LogP contribution is 2.37. The van der Waals surface area contributed by atoms with Crippen molar-refractivity contribution in [2.24, 2.45) is 0 Å². The van der Waals surface area contributed by atoms with E-state index < -0.39 is 0 Å². The number of carbonyl (C=O) groups is 1. The van der Waals surface area contributed by atoms with Crippen LogP contribution in [0.15, 0.2) is 36.5 Å². The molecule has 0 bridgehead atoms. The Bertz CT molecular complexity index is 610. The average Bonchev–Trinajstić information content (AvgIpc) is 3.18. The predicted octanol–water partition coefficient (Wildman–Crippen LogP) is 2.32. The number of carbonyl (C=O) groups excluding carboxylic acids is 1. The Hall–Kier alpha value is -2.30. The summed E-state index contributed by atoms with van der Waals surface area (Å²) in [5, 5.41) is 6.74. The summed E-state index contributed by atoms with van der Waals surface area (Å²) in [6, 6.07) is 9.89. The second-order valence-corrected chi connectivity index (χ2v) is 5.25. The number of likely N-dealkylation sites (tertiary alicyclic amines) is 1. The van der Waals surface area contributed by atoms with Gasteiger partial charge in [-0.1, -0.05) is 18.2 Å². The van der Waals surface area contributed by atoms with Crippen molar-refractivity contribution in [2.75, 3.05) is 13.7 Å². The summed E-state index contributed by atoms with van der Waals surface area (Å²) in [5.41, 5.74) is 1.95. The lowest BCUT2D eigenvalue weighted by atomic mass is 10.0. The van der Waals surface area contributed by atoms with E-state index in [2.05, 4.69) is 10.2 Å². The minimum Gasteiger partial charge on any atom is -0.496 e. The number of amides is 1. The topological polar surface area (TPSA) is 58.2 Å². The van der Waals surface area contributed by atoms with Crippen LogP contribution in [0.5, 0.6) is 5.75 Å². The summed E-state index contributed by atoms with van der Waals surface area (Å²) < 4.78 is 5.44. The second-order valence-electron chi connectivity index (χ2n) is 5.25. The number of aromatic amines is 1. The summed E-state index contributed by atoms with van der Waals surface area (Å²) in [5.74, 6) is 0.983. The number of benzene rings is 1. The van der Waals surface area contributed by atoms with Gasteiger partial charge in [0.2, 0.25) is 5.91 Å². The summed E-state index contributed by atoms with van der Waals surface area (Å²) >= 11 is 0. The minimum absolute atomic E-state index is 0.108. The van der Waals surface area contributed by atoms with E-state index in [1.807, 2.05) is 35.2 Å². The molecule has 1 aliphatic rings. The average molecular weight is 285 g/mol. The molecular formula is C16H19N3O2. The maximum Gasteiger partial charge on any atom is 0.229 e. The lowest BCUT2D eigenvalue weighted by molar-refractivity contribution is -0.131. The molecule has 1 atom stereocenters. The SMILES string of the molecule is COc1ccccc1C1CCCN1C(=O)Cc1ccn[nH]1. The molecule has 1 unspecified atom stereocenters. The molecule has 3 rings (SSSR count). The Balaban J connectivity index is 1.80. The predicted molar refractivity (Wildman–Crippen MR) is 79.0 cm³/mol. The fourth-order valence-corrected chi connectivity index (χ4v) is 2.98. The van der Waals surface area contributed by atoms with Gasteiger partial charge in [-0.2, -0.15) is 5.10 Å².